The molecular formula is C8H8FN3O2. The number of hydrogen-bond donors (Lipinski definition) is 2. The standard InChI is InChI=1S/C8H8FN3O2/c9-5-1-2-8(14)6(3-5)7(4-13)11-12-10/h1-3,7,13-14H,4H2. The highest BCUT2D eigenvalue weighted by atomic mass is 19.1. The van der Waals surface area contributed by atoms with E-state index in [1.54, 1.807) is 0 Å². The summed E-state index contributed by atoms with van der Waals surface area (Å²) in [5, 5.41) is 21.3. The second kappa shape index (κ2) is 4.45. The quantitative estimate of drug-likeness (QED) is 0.440. The molecule has 0 heterocycles. The molecule has 0 spiro atoms. The fraction of sp³-hybridized carbons (Fsp3) is 0.250. The number of azide groups is 1. The third kappa shape index (κ3) is 2.12. The summed E-state index contributed by atoms with van der Waals surface area (Å²) in [4.78, 5) is 2.49. The number of aliphatic hydroxyl groups is 1. The van der Waals surface area contributed by atoms with E-state index in [4.69, 9.17) is 10.6 Å². The zero-order chi connectivity index (χ0) is 10.6. The molecule has 74 valence electrons. The highest BCUT2D eigenvalue weighted by molar-refractivity contribution is 5.35. The van der Waals surface area contributed by atoms with Crippen LogP contribution in [0, 0.1) is 5.82 Å². The Balaban J connectivity index is 3.14. The van der Waals surface area contributed by atoms with Gasteiger partial charge in [0.15, 0.2) is 0 Å². The number of aromatic hydroxyl groups is 1. The van der Waals surface area contributed by atoms with Gasteiger partial charge in [-0.25, -0.2) is 4.39 Å². The van der Waals surface area contributed by atoms with Gasteiger partial charge in [0, 0.05) is 10.5 Å². The Labute approximate surface area is 79.0 Å². The summed E-state index contributed by atoms with van der Waals surface area (Å²) in [7, 11) is 0. The molecule has 0 aromatic heterocycles. The van der Waals surface area contributed by atoms with Gasteiger partial charge >= 0.3 is 0 Å². The van der Waals surface area contributed by atoms with Gasteiger partial charge in [-0.15, -0.1) is 0 Å². The zero-order valence-corrected chi connectivity index (χ0v) is 7.13. The third-order valence-corrected chi connectivity index (χ3v) is 1.71. The van der Waals surface area contributed by atoms with E-state index in [1.165, 1.54) is 0 Å². The average molecular weight is 197 g/mol. The Morgan fingerprint density at radius 1 is 1.57 bits per heavy atom. The van der Waals surface area contributed by atoms with Gasteiger partial charge in [0.05, 0.1) is 12.6 Å². The van der Waals surface area contributed by atoms with Crippen molar-refractivity contribution in [3.05, 3.63) is 40.0 Å². The lowest BCUT2D eigenvalue weighted by Gasteiger charge is -2.09. The molecular weight excluding hydrogens is 189 g/mol. The Morgan fingerprint density at radius 3 is 2.86 bits per heavy atom. The lowest BCUT2D eigenvalue weighted by atomic mass is 10.1. The Bertz CT molecular complexity index is 377. The predicted octanol–water partition coefficient (Wildman–Crippen LogP) is 1.87. The first-order valence-electron chi connectivity index (χ1n) is 3.82. The highest BCUT2D eigenvalue weighted by Gasteiger charge is 2.13. The maximum Gasteiger partial charge on any atom is 0.123 e. The van der Waals surface area contributed by atoms with Crippen LogP contribution in [-0.4, -0.2) is 16.8 Å². The van der Waals surface area contributed by atoms with Crippen LogP contribution in [0.1, 0.15) is 11.6 Å². The smallest absolute Gasteiger partial charge is 0.123 e. The van der Waals surface area contributed by atoms with Crippen molar-refractivity contribution in [3.8, 4) is 5.75 Å². The second-order valence-electron chi connectivity index (χ2n) is 2.61. The minimum atomic E-state index is -0.962. The highest BCUT2D eigenvalue weighted by Crippen LogP contribution is 2.27. The molecule has 6 heteroatoms. The SMILES string of the molecule is [N-]=[N+]=NC(CO)c1cc(F)ccc1O. The number of aliphatic hydroxyl groups excluding tert-OH is 1. The lowest BCUT2D eigenvalue weighted by molar-refractivity contribution is 0.265. The number of nitrogens with zero attached hydrogens (tertiary/aromatic N) is 3. The normalized spacial score (nSPS) is 11.9. The molecule has 1 aromatic carbocycles. The van der Waals surface area contributed by atoms with Crippen LogP contribution in [0.5, 0.6) is 5.75 Å². The number of phenols is 1. The van der Waals surface area contributed by atoms with Crippen LogP contribution in [0.3, 0.4) is 0 Å². The van der Waals surface area contributed by atoms with Gasteiger partial charge in [-0.05, 0) is 23.7 Å². The molecule has 0 amide bonds. The molecule has 0 aliphatic rings. The van der Waals surface area contributed by atoms with E-state index in [0.29, 0.717) is 0 Å². The maximum absolute atomic E-state index is 12.8. The summed E-state index contributed by atoms with van der Waals surface area (Å²) in [5.41, 5.74) is 8.24. The van der Waals surface area contributed by atoms with Gasteiger partial charge in [0.1, 0.15) is 11.6 Å². The minimum Gasteiger partial charge on any atom is -0.508 e. The molecule has 1 aromatic rings. The number of rotatable bonds is 3. The van der Waals surface area contributed by atoms with Crippen LogP contribution in [0.15, 0.2) is 23.3 Å². The predicted molar refractivity (Wildman–Crippen MR) is 47.0 cm³/mol. The molecule has 0 aliphatic heterocycles. The van der Waals surface area contributed by atoms with E-state index < -0.39 is 18.5 Å². The number of phenolic OH excluding ortho intramolecular Hbond substituents is 1. The molecule has 1 atom stereocenters. The Morgan fingerprint density at radius 2 is 2.29 bits per heavy atom. The molecule has 0 saturated carbocycles. The summed E-state index contributed by atoms with van der Waals surface area (Å²) in [6.45, 7) is -0.485. The fourth-order valence-corrected chi connectivity index (χ4v) is 1.05. The third-order valence-electron chi connectivity index (χ3n) is 1.71. The van der Waals surface area contributed by atoms with Crippen molar-refractivity contribution in [2.75, 3.05) is 6.61 Å². The van der Waals surface area contributed by atoms with Crippen molar-refractivity contribution < 1.29 is 14.6 Å². The van der Waals surface area contributed by atoms with Gasteiger partial charge in [-0.3, -0.25) is 0 Å². The molecule has 0 aliphatic carbocycles. The summed E-state index contributed by atoms with van der Waals surface area (Å²) < 4.78 is 12.8. The van der Waals surface area contributed by atoms with Crippen LogP contribution < -0.4 is 0 Å². The molecule has 0 fully saturated rings. The molecule has 14 heavy (non-hydrogen) atoms. The van der Waals surface area contributed by atoms with Crippen molar-refractivity contribution in [1.82, 2.24) is 0 Å². The van der Waals surface area contributed by atoms with E-state index in [2.05, 4.69) is 10.0 Å². The maximum atomic E-state index is 12.8. The molecule has 5 nitrogen and oxygen atoms in total. The van der Waals surface area contributed by atoms with Gasteiger partial charge < -0.3 is 10.2 Å². The minimum absolute atomic E-state index is 0.0744. The molecule has 1 rings (SSSR count). The molecule has 1 unspecified atom stereocenters. The van der Waals surface area contributed by atoms with Gasteiger partial charge in [-0.1, -0.05) is 5.11 Å². The van der Waals surface area contributed by atoms with E-state index in [0.717, 1.165) is 18.2 Å². The van der Waals surface area contributed by atoms with E-state index in [9.17, 15) is 9.50 Å². The van der Waals surface area contributed by atoms with Gasteiger partial charge in [-0.2, -0.15) is 0 Å². The van der Waals surface area contributed by atoms with Crippen LogP contribution in [0.25, 0.3) is 10.4 Å². The molecule has 2 N–H and O–H groups in total. The largest absolute Gasteiger partial charge is 0.508 e. The summed E-state index contributed by atoms with van der Waals surface area (Å²) in [6.07, 6.45) is 0. The van der Waals surface area contributed by atoms with Crippen molar-refractivity contribution in [1.29, 1.82) is 0 Å². The van der Waals surface area contributed by atoms with Crippen molar-refractivity contribution in [3.63, 3.8) is 0 Å². The summed E-state index contributed by atoms with van der Waals surface area (Å²) in [6, 6.07) is 2.27. The fourth-order valence-electron chi connectivity index (χ4n) is 1.05. The van der Waals surface area contributed by atoms with Crippen LogP contribution in [-0.2, 0) is 0 Å². The van der Waals surface area contributed by atoms with E-state index in [-0.39, 0.29) is 11.3 Å². The average Bonchev–Trinajstić information content (AvgIpc) is 2.18. The van der Waals surface area contributed by atoms with Crippen LogP contribution in [0.4, 0.5) is 4.39 Å². The van der Waals surface area contributed by atoms with Crippen LogP contribution >= 0.6 is 0 Å². The lowest BCUT2D eigenvalue weighted by Crippen LogP contribution is -2.00. The monoisotopic (exact) mass is 197 g/mol. The van der Waals surface area contributed by atoms with Gasteiger partial charge in [0.25, 0.3) is 0 Å². The van der Waals surface area contributed by atoms with Crippen molar-refractivity contribution >= 4 is 0 Å². The first-order chi connectivity index (χ1) is 6.69. The van der Waals surface area contributed by atoms with Gasteiger partial charge in [0.2, 0.25) is 0 Å². The summed E-state index contributed by atoms with van der Waals surface area (Å²) in [5.74, 6) is -0.776. The first kappa shape index (κ1) is 10.3. The second-order valence-corrected chi connectivity index (χ2v) is 2.61. The first-order valence-corrected chi connectivity index (χ1v) is 3.82. The summed E-state index contributed by atoms with van der Waals surface area (Å²) >= 11 is 0. The number of benzene rings is 1. The number of halogens is 1. The van der Waals surface area contributed by atoms with E-state index in [1.807, 2.05) is 0 Å². The zero-order valence-electron chi connectivity index (χ0n) is 7.13. The van der Waals surface area contributed by atoms with Crippen molar-refractivity contribution in [2.24, 2.45) is 5.11 Å². The van der Waals surface area contributed by atoms with Crippen LogP contribution in [0.2, 0.25) is 0 Å². The topological polar surface area (TPSA) is 89.2 Å². The molecule has 0 radical (unpaired) electrons. The molecule has 0 saturated heterocycles. The Hall–Kier alpha value is -1.78. The molecule has 0 bridgehead atoms. The van der Waals surface area contributed by atoms with E-state index >= 15 is 0 Å². The number of hydrogen-bond acceptors (Lipinski definition) is 3. The van der Waals surface area contributed by atoms with Crippen molar-refractivity contribution in [2.45, 2.75) is 6.04 Å². The Kier molecular flexibility index (Phi) is 3.28.